The molecule has 0 heterocycles. The SMILES string of the molecule is CC(C)(C)c1ccc2c(-c3c4c(c(-c5cc(C(C)(C)C)cc6cc(C(C)(C)C)ccc56)c5cc6ccccc6cc35)-c3cc5ccccc5c5cccc-4c35)cc(C(C)(C)C)cc2c1. The molecule has 0 unspecified atom stereocenters. The zero-order chi connectivity index (χ0) is 44.8. The molecule has 0 saturated carbocycles. The minimum atomic E-state index is -0.0658. The molecule has 11 rings (SSSR count). The summed E-state index contributed by atoms with van der Waals surface area (Å²) >= 11 is 0. The molecule has 0 aromatic heterocycles. The van der Waals surface area contributed by atoms with E-state index in [2.05, 4.69) is 229 Å². The van der Waals surface area contributed by atoms with Crippen molar-refractivity contribution in [2.45, 2.75) is 105 Å². The molecule has 0 aliphatic heterocycles. The third kappa shape index (κ3) is 6.23. The Bertz CT molecular complexity index is 3610. The molecule has 64 heavy (non-hydrogen) atoms. The summed E-state index contributed by atoms with van der Waals surface area (Å²) in [5.41, 5.74) is 16.0. The Balaban J connectivity index is 1.42. The molecule has 1 aliphatic carbocycles. The van der Waals surface area contributed by atoms with Crippen molar-refractivity contribution in [3.8, 4) is 44.5 Å². The van der Waals surface area contributed by atoms with E-state index < -0.39 is 0 Å². The van der Waals surface area contributed by atoms with Gasteiger partial charge in [0, 0.05) is 0 Å². The van der Waals surface area contributed by atoms with Crippen molar-refractivity contribution in [2.24, 2.45) is 0 Å². The molecule has 316 valence electrons. The van der Waals surface area contributed by atoms with Gasteiger partial charge in [0.05, 0.1) is 0 Å². The lowest BCUT2D eigenvalue weighted by Crippen LogP contribution is -2.13. The zero-order valence-electron chi connectivity index (χ0n) is 39.9. The van der Waals surface area contributed by atoms with Crippen LogP contribution in [-0.2, 0) is 21.7 Å². The zero-order valence-corrected chi connectivity index (χ0v) is 39.9. The van der Waals surface area contributed by atoms with Gasteiger partial charge in [-0.1, -0.05) is 198 Å². The van der Waals surface area contributed by atoms with Crippen LogP contribution >= 0.6 is 0 Å². The molecule has 0 nitrogen and oxygen atoms in total. The summed E-state index contributed by atoms with van der Waals surface area (Å²) in [6.45, 7) is 28.2. The maximum atomic E-state index is 2.55. The first-order valence-corrected chi connectivity index (χ1v) is 23.4. The van der Waals surface area contributed by atoms with Crippen LogP contribution in [0.1, 0.15) is 105 Å². The van der Waals surface area contributed by atoms with Gasteiger partial charge in [0.25, 0.3) is 0 Å². The molecular weight excluding hydrogens is 769 g/mol. The minimum Gasteiger partial charge on any atom is -0.0616 e. The Morgan fingerprint density at radius 1 is 0.234 bits per heavy atom. The van der Waals surface area contributed by atoms with Crippen LogP contribution < -0.4 is 0 Å². The van der Waals surface area contributed by atoms with Crippen molar-refractivity contribution in [1.82, 2.24) is 0 Å². The second-order valence-electron chi connectivity index (χ2n) is 23.0. The van der Waals surface area contributed by atoms with Crippen LogP contribution in [0.4, 0.5) is 0 Å². The predicted molar refractivity (Wildman–Crippen MR) is 282 cm³/mol. The number of hydrogen-bond acceptors (Lipinski definition) is 0. The van der Waals surface area contributed by atoms with Gasteiger partial charge in [0.15, 0.2) is 0 Å². The van der Waals surface area contributed by atoms with Gasteiger partial charge in [0.2, 0.25) is 0 Å². The highest BCUT2D eigenvalue weighted by atomic mass is 14.4. The van der Waals surface area contributed by atoms with Gasteiger partial charge in [-0.15, -0.1) is 0 Å². The average Bonchev–Trinajstić information content (AvgIpc) is 3.56. The molecule has 10 aromatic rings. The van der Waals surface area contributed by atoms with E-state index in [9.17, 15) is 0 Å². The van der Waals surface area contributed by atoms with Crippen molar-refractivity contribution in [1.29, 1.82) is 0 Å². The van der Waals surface area contributed by atoms with E-state index in [1.165, 1.54) is 131 Å². The van der Waals surface area contributed by atoms with Crippen LogP contribution in [-0.4, -0.2) is 0 Å². The first kappa shape index (κ1) is 40.5. The highest BCUT2D eigenvalue weighted by Gasteiger charge is 2.34. The van der Waals surface area contributed by atoms with E-state index >= 15 is 0 Å². The highest BCUT2D eigenvalue weighted by molar-refractivity contribution is 6.33. The molecule has 0 saturated heterocycles. The van der Waals surface area contributed by atoms with Crippen LogP contribution in [0.2, 0.25) is 0 Å². The molecule has 0 heteroatoms. The quantitative estimate of drug-likeness (QED) is 0.120. The van der Waals surface area contributed by atoms with E-state index in [1.807, 2.05) is 0 Å². The third-order valence-corrected chi connectivity index (χ3v) is 14.5. The smallest absolute Gasteiger partial charge is 0.000696 e. The van der Waals surface area contributed by atoms with E-state index in [0.29, 0.717) is 0 Å². The van der Waals surface area contributed by atoms with Crippen LogP contribution in [0.15, 0.2) is 146 Å². The highest BCUT2D eigenvalue weighted by Crippen LogP contribution is 2.60. The molecule has 0 N–H and O–H groups in total. The van der Waals surface area contributed by atoms with Gasteiger partial charge in [0.1, 0.15) is 0 Å². The number of fused-ring (bicyclic) bond motifs is 9. The van der Waals surface area contributed by atoms with Crippen molar-refractivity contribution < 1.29 is 0 Å². The summed E-state index contributed by atoms with van der Waals surface area (Å²) in [6, 6.07) is 57.3. The standard InChI is InChI=1S/C64H60/c1-61(2,3)42-24-26-47-40(28-42)30-44(63(7,8)9)35-53(47)57-51-32-37-18-13-14-19-38(37)33-52(51)58(54-36-45(64(10,11)12)31-41-29-43(62(4,5)6)25-27-48(41)54)60-55-34-39-20-15-16-21-46(39)49-22-17-23-50(56(49)55)59(57)60/h13-36H,1-12H3. The molecule has 0 radical (unpaired) electrons. The van der Waals surface area contributed by atoms with Gasteiger partial charge in [-0.25, -0.2) is 0 Å². The summed E-state index contributed by atoms with van der Waals surface area (Å²) in [5, 5.41) is 15.6. The van der Waals surface area contributed by atoms with Crippen molar-refractivity contribution in [3.63, 3.8) is 0 Å². The second-order valence-corrected chi connectivity index (χ2v) is 23.0. The molecule has 0 bridgehead atoms. The van der Waals surface area contributed by atoms with Crippen LogP contribution in [0, 0.1) is 0 Å². The van der Waals surface area contributed by atoms with Gasteiger partial charge in [-0.2, -0.15) is 0 Å². The summed E-state index contributed by atoms with van der Waals surface area (Å²) in [5.74, 6) is 0. The van der Waals surface area contributed by atoms with Gasteiger partial charge in [-0.05, 0) is 183 Å². The van der Waals surface area contributed by atoms with Crippen LogP contribution in [0.5, 0.6) is 0 Å². The third-order valence-electron chi connectivity index (χ3n) is 14.5. The van der Waals surface area contributed by atoms with Gasteiger partial charge >= 0.3 is 0 Å². The van der Waals surface area contributed by atoms with Gasteiger partial charge in [-0.3, -0.25) is 0 Å². The molecule has 10 aromatic carbocycles. The van der Waals surface area contributed by atoms with Gasteiger partial charge < -0.3 is 0 Å². The largest absolute Gasteiger partial charge is 0.0616 e. The Morgan fingerprint density at radius 3 is 1.14 bits per heavy atom. The second kappa shape index (κ2) is 13.6. The maximum Gasteiger partial charge on any atom is -0.000696 e. The van der Waals surface area contributed by atoms with Crippen molar-refractivity contribution >= 4 is 64.6 Å². The summed E-state index contributed by atoms with van der Waals surface area (Å²) in [4.78, 5) is 0. The fourth-order valence-electron chi connectivity index (χ4n) is 10.8. The Morgan fingerprint density at radius 2 is 0.656 bits per heavy atom. The lowest BCUT2D eigenvalue weighted by molar-refractivity contribution is 0.589. The summed E-state index contributed by atoms with van der Waals surface area (Å²) in [7, 11) is 0. The fraction of sp³-hybridized carbons (Fsp3) is 0.250. The average molecular weight is 829 g/mol. The Labute approximate surface area is 380 Å². The Hall–Kier alpha value is -6.24. The molecule has 0 fully saturated rings. The van der Waals surface area contributed by atoms with E-state index in [1.54, 1.807) is 0 Å². The normalized spacial score (nSPS) is 13.3. The molecule has 0 spiro atoms. The Kier molecular flexibility index (Phi) is 8.64. The molecule has 1 aliphatic rings. The molecule has 0 amide bonds. The lowest BCUT2D eigenvalue weighted by Gasteiger charge is -2.27. The maximum absolute atomic E-state index is 2.55. The van der Waals surface area contributed by atoms with E-state index in [4.69, 9.17) is 0 Å². The summed E-state index contributed by atoms with van der Waals surface area (Å²) in [6.07, 6.45) is 0. The van der Waals surface area contributed by atoms with E-state index in [0.717, 1.165) is 0 Å². The van der Waals surface area contributed by atoms with E-state index in [-0.39, 0.29) is 21.7 Å². The topological polar surface area (TPSA) is 0 Å². The van der Waals surface area contributed by atoms with Crippen LogP contribution in [0.25, 0.3) is 109 Å². The van der Waals surface area contributed by atoms with Crippen LogP contribution in [0.3, 0.4) is 0 Å². The lowest BCUT2D eigenvalue weighted by atomic mass is 9.76. The first-order valence-electron chi connectivity index (χ1n) is 23.4. The molecule has 0 atom stereocenters. The number of rotatable bonds is 2. The summed E-state index contributed by atoms with van der Waals surface area (Å²) < 4.78 is 0. The minimum absolute atomic E-state index is 0.0248. The fourth-order valence-corrected chi connectivity index (χ4v) is 10.8. The monoisotopic (exact) mass is 828 g/mol. The van der Waals surface area contributed by atoms with Crippen molar-refractivity contribution in [2.75, 3.05) is 0 Å². The number of hydrogen-bond donors (Lipinski definition) is 0. The predicted octanol–water partition coefficient (Wildman–Crippen LogP) is 18.8. The first-order chi connectivity index (χ1) is 30.3. The number of benzene rings is 10. The van der Waals surface area contributed by atoms with Crippen molar-refractivity contribution in [3.05, 3.63) is 168 Å². The molecular formula is C64H60.